The highest BCUT2D eigenvalue weighted by molar-refractivity contribution is 6.03. The van der Waals surface area contributed by atoms with Gasteiger partial charge in [-0.3, -0.25) is 4.79 Å². The molecule has 0 heterocycles. The Morgan fingerprint density at radius 2 is 2.09 bits per heavy atom. The summed E-state index contributed by atoms with van der Waals surface area (Å²) in [7, 11) is 0. The molecule has 22 heavy (non-hydrogen) atoms. The van der Waals surface area contributed by atoms with Crippen molar-refractivity contribution in [1.29, 1.82) is 0 Å². The van der Waals surface area contributed by atoms with Crippen LogP contribution in [0.15, 0.2) is 42.5 Å². The molecule has 0 saturated heterocycles. The summed E-state index contributed by atoms with van der Waals surface area (Å²) >= 11 is 0. The standard InChI is InChI=1S/C21H20O/c1-13-3-2-4-15-10-19-18(11-17(13)15)20(22)7-8-21(19)12-14-5-6-16(21)9-14/h2-6,10-11,14,16H,7-9,12H2,1H3. The van der Waals surface area contributed by atoms with Crippen LogP contribution in [0.4, 0.5) is 0 Å². The zero-order chi connectivity index (χ0) is 14.9. The van der Waals surface area contributed by atoms with Crippen LogP contribution in [-0.2, 0) is 5.41 Å². The molecule has 3 unspecified atom stereocenters. The Hall–Kier alpha value is -1.89. The second kappa shape index (κ2) is 4.10. The maximum atomic E-state index is 12.6. The van der Waals surface area contributed by atoms with E-state index in [2.05, 4.69) is 49.4 Å². The van der Waals surface area contributed by atoms with E-state index in [0.717, 1.165) is 24.3 Å². The summed E-state index contributed by atoms with van der Waals surface area (Å²) in [6, 6.07) is 11.0. The molecule has 0 radical (unpaired) electrons. The van der Waals surface area contributed by atoms with E-state index >= 15 is 0 Å². The first-order valence-corrected chi connectivity index (χ1v) is 8.43. The molecule has 0 aliphatic heterocycles. The summed E-state index contributed by atoms with van der Waals surface area (Å²) in [5.74, 6) is 1.73. The third-order valence-electron chi connectivity index (χ3n) is 6.38. The monoisotopic (exact) mass is 288 g/mol. The van der Waals surface area contributed by atoms with Gasteiger partial charge >= 0.3 is 0 Å². The van der Waals surface area contributed by atoms with Crippen LogP contribution in [0.25, 0.3) is 10.8 Å². The molecule has 1 fully saturated rings. The zero-order valence-corrected chi connectivity index (χ0v) is 12.9. The Labute approximate surface area is 131 Å². The molecule has 0 N–H and O–H groups in total. The Morgan fingerprint density at radius 3 is 2.86 bits per heavy atom. The average molecular weight is 288 g/mol. The summed E-state index contributed by atoms with van der Waals surface area (Å²) in [6.45, 7) is 2.14. The van der Waals surface area contributed by atoms with Crippen molar-refractivity contribution in [3.05, 3.63) is 59.2 Å². The lowest BCUT2D eigenvalue weighted by Crippen LogP contribution is -2.36. The van der Waals surface area contributed by atoms with Gasteiger partial charge in [0.05, 0.1) is 0 Å². The molecule has 2 bridgehead atoms. The van der Waals surface area contributed by atoms with Gasteiger partial charge in [-0.15, -0.1) is 0 Å². The molecule has 5 rings (SSSR count). The molecule has 3 atom stereocenters. The van der Waals surface area contributed by atoms with Gasteiger partial charge in [-0.1, -0.05) is 30.4 Å². The van der Waals surface area contributed by atoms with Gasteiger partial charge in [0.2, 0.25) is 0 Å². The Bertz CT molecular complexity index is 844. The predicted octanol–water partition coefficient (Wildman–Crippen LogP) is 4.96. The lowest BCUT2D eigenvalue weighted by molar-refractivity contribution is 0.0944. The molecule has 0 aromatic heterocycles. The van der Waals surface area contributed by atoms with Crippen LogP contribution < -0.4 is 0 Å². The second-order valence-electron chi connectivity index (χ2n) is 7.46. The smallest absolute Gasteiger partial charge is 0.163 e. The highest BCUT2D eigenvalue weighted by atomic mass is 16.1. The number of hydrogen-bond donors (Lipinski definition) is 0. The van der Waals surface area contributed by atoms with Crippen LogP contribution in [-0.4, -0.2) is 5.78 Å². The fourth-order valence-electron chi connectivity index (χ4n) is 5.28. The first kappa shape index (κ1) is 12.6. The van der Waals surface area contributed by atoms with Gasteiger partial charge in [-0.2, -0.15) is 0 Å². The van der Waals surface area contributed by atoms with Gasteiger partial charge in [0.15, 0.2) is 5.78 Å². The number of carbonyl (C=O) groups excluding carboxylic acids is 1. The van der Waals surface area contributed by atoms with Crippen LogP contribution in [0.3, 0.4) is 0 Å². The van der Waals surface area contributed by atoms with Crippen LogP contribution >= 0.6 is 0 Å². The van der Waals surface area contributed by atoms with E-state index in [9.17, 15) is 4.79 Å². The van der Waals surface area contributed by atoms with E-state index in [-0.39, 0.29) is 5.41 Å². The lowest BCUT2D eigenvalue weighted by Gasteiger charge is -2.40. The second-order valence-corrected chi connectivity index (χ2v) is 7.46. The average Bonchev–Trinajstić information content (AvgIpc) is 3.12. The van der Waals surface area contributed by atoms with Gasteiger partial charge in [-0.05, 0) is 72.1 Å². The quantitative estimate of drug-likeness (QED) is 0.626. The number of benzene rings is 2. The van der Waals surface area contributed by atoms with Gasteiger partial charge in [0, 0.05) is 17.4 Å². The van der Waals surface area contributed by atoms with Crippen LogP contribution in [0.2, 0.25) is 0 Å². The maximum absolute atomic E-state index is 12.6. The van der Waals surface area contributed by atoms with Gasteiger partial charge in [0.1, 0.15) is 0 Å². The van der Waals surface area contributed by atoms with Crippen LogP contribution in [0.1, 0.15) is 47.2 Å². The van der Waals surface area contributed by atoms with E-state index in [1.807, 2.05) is 0 Å². The van der Waals surface area contributed by atoms with Crippen molar-refractivity contribution >= 4 is 16.6 Å². The normalized spacial score (nSPS) is 32.1. The molecule has 2 aromatic rings. The first-order valence-electron chi connectivity index (χ1n) is 8.43. The molecule has 110 valence electrons. The van der Waals surface area contributed by atoms with Crippen molar-refractivity contribution in [2.24, 2.45) is 11.8 Å². The molecular formula is C21H20O. The predicted molar refractivity (Wildman–Crippen MR) is 89.3 cm³/mol. The van der Waals surface area contributed by atoms with Gasteiger partial charge in [-0.25, -0.2) is 0 Å². The Balaban J connectivity index is 1.81. The number of allylic oxidation sites excluding steroid dienone is 2. The van der Waals surface area contributed by atoms with Crippen molar-refractivity contribution in [3.8, 4) is 0 Å². The Morgan fingerprint density at radius 1 is 1.18 bits per heavy atom. The molecule has 1 spiro atoms. The number of Topliss-reactive ketones (excluding diaryl/α,β-unsaturated/α-hetero) is 1. The number of rotatable bonds is 0. The number of aryl methyl sites for hydroxylation is 1. The summed E-state index contributed by atoms with van der Waals surface area (Å²) in [5, 5.41) is 2.53. The molecule has 3 aliphatic rings. The van der Waals surface area contributed by atoms with Gasteiger partial charge in [0.25, 0.3) is 0 Å². The molecule has 0 amide bonds. The molecule has 1 heteroatoms. The molecule has 3 aliphatic carbocycles. The summed E-state index contributed by atoms with van der Waals surface area (Å²) in [6.07, 6.45) is 9.12. The number of hydrogen-bond acceptors (Lipinski definition) is 1. The van der Waals surface area contributed by atoms with Crippen molar-refractivity contribution < 1.29 is 4.79 Å². The first-order chi connectivity index (χ1) is 10.7. The number of fused-ring (bicyclic) bond motifs is 6. The number of ketones is 1. The van der Waals surface area contributed by atoms with E-state index in [4.69, 9.17) is 0 Å². The highest BCUT2D eigenvalue weighted by Gasteiger charge is 2.52. The van der Waals surface area contributed by atoms with E-state index in [0.29, 0.717) is 11.7 Å². The summed E-state index contributed by atoms with van der Waals surface area (Å²) in [4.78, 5) is 12.6. The zero-order valence-electron chi connectivity index (χ0n) is 12.9. The lowest BCUT2D eigenvalue weighted by atomic mass is 9.62. The largest absolute Gasteiger partial charge is 0.294 e. The third kappa shape index (κ3) is 1.47. The molecular weight excluding hydrogens is 268 g/mol. The minimum Gasteiger partial charge on any atom is -0.294 e. The molecule has 2 aromatic carbocycles. The van der Waals surface area contributed by atoms with Crippen LogP contribution in [0.5, 0.6) is 0 Å². The third-order valence-corrected chi connectivity index (χ3v) is 6.38. The van der Waals surface area contributed by atoms with Crippen molar-refractivity contribution in [3.63, 3.8) is 0 Å². The van der Waals surface area contributed by atoms with E-state index in [1.54, 1.807) is 0 Å². The van der Waals surface area contributed by atoms with E-state index in [1.165, 1.54) is 34.7 Å². The highest BCUT2D eigenvalue weighted by Crippen LogP contribution is 2.58. The minimum absolute atomic E-state index is 0.237. The Kier molecular flexibility index (Phi) is 2.35. The molecule has 1 saturated carbocycles. The fourth-order valence-corrected chi connectivity index (χ4v) is 5.28. The van der Waals surface area contributed by atoms with Gasteiger partial charge < -0.3 is 0 Å². The van der Waals surface area contributed by atoms with Crippen molar-refractivity contribution in [2.75, 3.05) is 0 Å². The van der Waals surface area contributed by atoms with Crippen molar-refractivity contribution in [1.82, 2.24) is 0 Å². The minimum atomic E-state index is 0.237. The number of carbonyl (C=O) groups is 1. The summed E-state index contributed by atoms with van der Waals surface area (Å²) in [5.41, 5.74) is 3.86. The van der Waals surface area contributed by atoms with E-state index < -0.39 is 0 Å². The van der Waals surface area contributed by atoms with Crippen molar-refractivity contribution in [2.45, 2.75) is 38.0 Å². The maximum Gasteiger partial charge on any atom is 0.163 e. The SMILES string of the molecule is Cc1cccc2cc3c(cc12)C(=O)CCC31CC2C=CC1C2. The van der Waals surface area contributed by atoms with Crippen LogP contribution in [0, 0.1) is 18.8 Å². The summed E-state index contributed by atoms with van der Waals surface area (Å²) < 4.78 is 0. The topological polar surface area (TPSA) is 17.1 Å². The fraction of sp³-hybridized carbons (Fsp3) is 0.381. The molecule has 1 nitrogen and oxygen atoms in total.